The van der Waals surface area contributed by atoms with Crippen LogP contribution in [-0.4, -0.2) is 49.8 Å². The first kappa shape index (κ1) is 20.3. The second-order valence-electron chi connectivity index (χ2n) is 6.60. The minimum Gasteiger partial charge on any atom is -0.493 e. The highest BCUT2D eigenvalue weighted by molar-refractivity contribution is 7.80. The van der Waals surface area contributed by atoms with Gasteiger partial charge in [-0.3, -0.25) is 4.79 Å². The number of hydrogen-bond acceptors (Lipinski definition) is 4. The van der Waals surface area contributed by atoms with E-state index in [2.05, 4.69) is 15.5 Å². The number of fused-ring (bicyclic) bond motifs is 1. The number of nitrogens with zero attached hydrogens (tertiary/aromatic N) is 1. The van der Waals surface area contributed by atoms with Crippen LogP contribution in [0.25, 0.3) is 0 Å². The SMILES string of the molecule is CCNC(=S)N1CCc2cc(OC)c(OC)cc2C1CNC(=O)C(C)C. The van der Waals surface area contributed by atoms with Crippen LogP contribution >= 0.6 is 12.2 Å². The van der Waals surface area contributed by atoms with Crippen molar-refractivity contribution in [3.63, 3.8) is 0 Å². The molecule has 1 atom stereocenters. The van der Waals surface area contributed by atoms with E-state index < -0.39 is 0 Å². The standard InChI is InChI=1S/C19H29N3O3S/c1-6-20-19(26)22-8-7-13-9-16(24-4)17(25-5)10-14(13)15(22)11-21-18(23)12(2)3/h9-10,12,15H,6-8,11H2,1-5H3,(H,20,26)(H,21,23). The Kier molecular flexibility index (Phi) is 7.08. The Morgan fingerprint density at radius 3 is 2.50 bits per heavy atom. The molecule has 0 bridgehead atoms. The van der Waals surface area contributed by atoms with Crippen LogP contribution in [0, 0.1) is 5.92 Å². The molecule has 1 aromatic carbocycles. The van der Waals surface area contributed by atoms with E-state index in [1.165, 1.54) is 5.56 Å². The smallest absolute Gasteiger partial charge is 0.222 e. The summed E-state index contributed by atoms with van der Waals surface area (Å²) in [5.41, 5.74) is 2.31. The molecule has 0 saturated heterocycles. The molecule has 2 N–H and O–H groups in total. The molecule has 1 heterocycles. The summed E-state index contributed by atoms with van der Waals surface area (Å²) in [7, 11) is 3.27. The lowest BCUT2D eigenvalue weighted by atomic mass is 9.91. The quantitative estimate of drug-likeness (QED) is 0.740. The minimum atomic E-state index is -0.0577. The number of hydrogen-bond donors (Lipinski definition) is 2. The zero-order chi connectivity index (χ0) is 19.3. The Hall–Kier alpha value is -2.02. The number of ether oxygens (including phenoxy) is 2. The predicted octanol–water partition coefficient (Wildman–Crippen LogP) is 2.27. The zero-order valence-electron chi connectivity index (χ0n) is 16.2. The van der Waals surface area contributed by atoms with E-state index in [1.807, 2.05) is 32.9 Å². The van der Waals surface area contributed by atoms with Gasteiger partial charge < -0.3 is 25.0 Å². The van der Waals surface area contributed by atoms with Crippen LogP contribution in [0.1, 0.15) is 37.9 Å². The molecule has 0 aromatic heterocycles. The summed E-state index contributed by atoms with van der Waals surface area (Å²) in [5.74, 6) is 1.38. The number of carbonyl (C=O) groups is 1. The second-order valence-corrected chi connectivity index (χ2v) is 6.99. The number of rotatable bonds is 6. The van der Waals surface area contributed by atoms with Gasteiger partial charge in [-0.15, -0.1) is 0 Å². The third kappa shape index (κ3) is 4.38. The molecule has 0 saturated carbocycles. The Labute approximate surface area is 161 Å². The summed E-state index contributed by atoms with van der Waals surface area (Å²) in [6.45, 7) is 7.84. The topological polar surface area (TPSA) is 62.8 Å². The second kappa shape index (κ2) is 9.07. The molecule has 2 rings (SSSR count). The number of benzene rings is 1. The molecule has 1 aliphatic rings. The van der Waals surface area contributed by atoms with Gasteiger partial charge in [-0.05, 0) is 48.8 Å². The van der Waals surface area contributed by atoms with Gasteiger partial charge in [0.05, 0.1) is 20.3 Å². The van der Waals surface area contributed by atoms with E-state index >= 15 is 0 Å². The van der Waals surface area contributed by atoms with Crippen molar-refractivity contribution in [1.82, 2.24) is 15.5 Å². The van der Waals surface area contributed by atoms with E-state index in [1.54, 1.807) is 14.2 Å². The Bertz CT molecular complexity index is 664. The maximum Gasteiger partial charge on any atom is 0.222 e. The number of carbonyl (C=O) groups excluding carboxylic acids is 1. The molecule has 1 aliphatic heterocycles. The van der Waals surface area contributed by atoms with E-state index in [0.29, 0.717) is 17.4 Å². The molecular weight excluding hydrogens is 350 g/mol. The normalized spacial score (nSPS) is 16.1. The van der Waals surface area contributed by atoms with Crippen molar-refractivity contribution >= 4 is 23.2 Å². The fraction of sp³-hybridized carbons (Fsp3) is 0.579. The van der Waals surface area contributed by atoms with E-state index in [0.717, 1.165) is 30.8 Å². The molecule has 0 fully saturated rings. The molecule has 0 aliphatic carbocycles. The molecule has 26 heavy (non-hydrogen) atoms. The first-order valence-corrected chi connectivity index (χ1v) is 9.40. The number of thiocarbonyl (C=S) groups is 1. The van der Waals surface area contributed by atoms with Gasteiger partial charge in [-0.25, -0.2) is 0 Å². The third-order valence-corrected chi connectivity index (χ3v) is 4.96. The average molecular weight is 380 g/mol. The lowest BCUT2D eigenvalue weighted by molar-refractivity contribution is -0.124. The number of amides is 1. The van der Waals surface area contributed by atoms with Gasteiger partial charge in [-0.2, -0.15) is 0 Å². The van der Waals surface area contributed by atoms with Crippen LogP contribution in [-0.2, 0) is 11.2 Å². The largest absolute Gasteiger partial charge is 0.493 e. The van der Waals surface area contributed by atoms with Gasteiger partial charge in [0.1, 0.15) is 0 Å². The monoisotopic (exact) mass is 379 g/mol. The molecule has 0 spiro atoms. The van der Waals surface area contributed by atoms with Gasteiger partial charge >= 0.3 is 0 Å². The van der Waals surface area contributed by atoms with Crippen molar-refractivity contribution in [1.29, 1.82) is 0 Å². The average Bonchev–Trinajstić information content (AvgIpc) is 2.64. The fourth-order valence-corrected chi connectivity index (χ4v) is 3.51. The zero-order valence-corrected chi connectivity index (χ0v) is 17.0. The summed E-state index contributed by atoms with van der Waals surface area (Å²) in [4.78, 5) is 14.2. The number of nitrogens with one attached hydrogen (secondary N) is 2. The van der Waals surface area contributed by atoms with Crippen LogP contribution in [0.2, 0.25) is 0 Å². The van der Waals surface area contributed by atoms with Crippen molar-refractivity contribution in [3.8, 4) is 11.5 Å². The van der Waals surface area contributed by atoms with Gasteiger partial charge in [0.15, 0.2) is 16.6 Å². The Morgan fingerprint density at radius 2 is 1.92 bits per heavy atom. The molecule has 144 valence electrons. The summed E-state index contributed by atoms with van der Waals surface area (Å²) < 4.78 is 10.9. The van der Waals surface area contributed by atoms with Crippen LogP contribution in [0.4, 0.5) is 0 Å². The first-order chi connectivity index (χ1) is 12.4. The Morgan fingerprint density at radius 1 is 1.27 bits per heavy atom. The van der Waals surface area contributed by atoms with Gasteiger partial charge in [-0.1, -0.05) is 13.8 Å². The molecular formula is C19H29N3O3S. The number of methoxy groups -OCH3 is 2. The summed E-state index contributed by atoms with van der Waals surface area (Å²) in [6, 6.07) is 3.98. The van der Waals surface area contributed by atoms with E-state index in [4.69, 9.17) is 21.7 Å². The van der Waals surface area contributed by atoms with Gasteiger partial charge in [0.25, 0.3) is 0 Å². The summed E-state index contributed by atoms with van der Waals surface area (Å²) in [6.07, 6.45) is 0.857. The van der Waals surface area contributed by atoms with Gasteiger partial charge in [0, 0.05) is 25.6 Å². The highest BCUT2D eigenvalue weighted by atomic mass is 32.1. The fourth-order valence-electron chi connectivity index (χ4n) is 3.15. The highest BCUT2D eigenvalue weighted by Crippen LogP contribution is 2.38. The van der Waals surface area contributed by atoms with Crippen LogP contribution < -0.4 is 20.1 Å². The lowest BCUT2D eigenvalue weighted by Gasteiger charge is -2.39. The van der Waals surface area contributed by atoms with Crippen molar-refractivity contribution in [3.05, 3.63) is 23.3 Å². The van der Waals surface area contributed by atoms with Crippen LogP contribution in [0.15, 0.2) is 12.1 Å². The maximum absolute atomic E-state index is 12.1. The molecule has 6 nitrogen and oxygen atoms in total. The summed E-state index contributed by atoms with van der Waals surface area (Å²) >= 11 is 5.57. The molecule has 1 unspecified atom stereocenters. The van der Waals surface area contributed by atoms with Gasteiger partial charge in [0.2, 0.25) is 5.91 Å². The predicted molar refractivity (Wildman–Crippen MR) is 107 cm³/mol. The Balaban J connectivity index is 2.38. The van der Waals surface area contributed by atoms with E-state index in [9.17, 15) is 4.79 Å². The van der Waals surface area contributed by atoms with E-state index in [-0.39, 0.29) is 17.9 Å². The van der Waals surface area contributed by atoms with Crippen LogP contribution in [0.3, 0.4) is 0 Å². The van der Waals surface area contributed by atoms with Crippen molar-refractivity contribution in [2.75, 3.05) is 33.9 Å². The lowest BCUT2D eigenvalue weighted by Crippen LogP contribution is -2.49. The first-order valence-electron chi connectivity index (χ1n) is 8.99. The third-order valence-electron chi connectivity index (χ3n) is 4.59. The molecule has 1 amide bonds. The van der Waals surface area contributed by atoms with Crippen molar-refractivity contribution in [2.45, 2.75) is 33.2 Å². The maximum atomic E-state index is 12.1. The van der Waals surface area contributed by atoms with Crippen LogP contribution in [0.5, 0.6) is 11.5 Å². The van der Waals surface area contributed by atoms with Crippen molar-refractivity contribution in [2.24, 2.45) is 5.92 Å². The molecule has 7 heteroatoms. The summed E-state index contributed by atoms with van der Waals surface area (Å²) in [5, 5.41) is 6.98. The molecule has 0 radical (unpaired) electrons. The molecule has 1 aromatic rings. The minimum absolute atomic E-state index is 0.0342. The van der Waals surface area contributed by atoms with Crippen molar-refractivity contribution < 1.29 is 14.3 Å². The highest BCUT2D eigenvalue weighted by Gasteiger charge is 2.31.